The Morgan fingerprint density at radius 3 is 2.40 bits per heavy atom. The van der Waals surface area contributed by atoms with Gasteiger partial charge in [0.2, 0.25) is 11.8 Å². The molecule has 5 rings (SSSR count). The van der Waals surface area contributed by atoms with E-state index in [0.29, 0.717) is 26.7 Å². The first-order valence-electron chi connectivity index (χ1n) is 16.3. The van der Waals surface area contributed by atoms with Crippen molar-refractivity contribution in [1.82, 2.24) is 20.5 Å². The Balaban J connectivity index is 1.47. The summed E-state index contributed by atoms with van der Waals surface area (Å²) in [5, 5.41) is 5.95. The van der Waals surface area contributed by atoms with Crippen molar-refractivity contribution in [2.24, 2.45) is 5.92 Å². The molecule has 3 amide bonds. The highest BCUT2D eigenvalue weighted by Crippen LogP contribution is 2.46. The summed E-state index contributed by atoms with van der Waals surface area (Å²) >= 11 is 3.49. The first-order chi connectivity index (χ1) is 23.9. The highest BCUT2D eigenvalue weighted by atomic mass is 79.9. The number of methoxy groups -OCH3 is 3. The van der Waals surface area contributed by atoms with Crippen LogP contribution in [-0.2, 0) is 28.6 Å². The maximum atomic E-state index is 14.2. The number of nitrogens with zero attached hydrogens (tertiary/aromatic N) is 2. The quantitative estimate of drug-likeness (QED) is 0.182. The van der Waals surface area contributed by atoms with Crippen LogP contribution >= 0.6 is 15.9 Å². The number of fused-ring (bicyclic) bond motifs is 1. The van der Waals surface area contributed by atoms with Crippen LogP contribution < -0.4 is 20.1 Å². The molecule has 3 fully saturated rings. The Morgan fingerprint density at radius 2 is 1.80 bits per heavy atom. The normalized spacial score (nSPS) is 23.4. The van der Waals surface area contributed by atoms with Gasteiger partial charge >= 0.3 is 18.0 Å². The number of pyridine rings is 1. The van der Waals surface area contributed by atoms with E-state index < -0.39 is 53.6 Å². The minimum absolute atomic E-state index is 0.00227. The fourth-order valence-corrected chi connectivity index (χ4v) is 7.18. The molecule has 14 nitrogen and oxygen atoms in total. The molecule has 1 aromatic heterocycles. The van der Waals surface area contributed by atoms with Gasteiger partial charge < -0.3 is 39.2 Å². The molecule has 2 aliphatic carbocycles. The number of alkyl carbamates (subject to hydrolysis) is 1. The summed E-state index contributed by atoms with van der Waals surface area (Å²) in [6.45, 7) is 9.18. The Bertz CT molecular complexity index is 1730. The molecule has 2 heterocycles. The number of nitrogens with one attached hydrogen (secondary N) is 2. The maximum Gasteiger partial charge on any atom is 0.408 e. The summed E-state index contributed by atoms with van der Waals surface area (Å²) in [6, 6.07) is 2.49. The number of amides is 3. The number of aromatic nitrogens is 1. The van der Waals surface area contributed by atoms with Gasteiger partial charge in [-0.1, -0.05) is 12.7 Å². The third-order valence-electron chi connectivity index (χ3n) is 9.38. The van der Waals surface area contributed by atoms with Gasteiger partial charge in [0.1, 0.15) is 41.3 Å². The molecular formula is C35H41BrN4O10. The van der Waals surface area contributed by atoms with Gasteiger partial charge in [-0.25, -0.2) is 19.4 Å². The lowest BCUT2D eigenvalue weighted by Crippen LogP contribution is -2.56. The minimum atomic E-state index is -1.32. The van der Waals surface area contributed by atoms with Gasteiger partial charge in [-0.3, -0.25) is 9.59 Å². The molecule has 1 aromatic carbocycles. The van der Waals surface area contributed by atoms with Crippen LogP contribution in [0.2, 0.25) is 0 Å². The van der Waals surface area contributed by atoms with Crippen LogP contribution in [0.25, 0.3) is 10.9 Å². The van der Waals surface area contributed by atoms with Crippen LogP contribution in [0.4, 0.5) is 4.79 Å². The third-order valence-corrected chi connectivity index (χ3v) is 10.1. The van der Waals surface area contributed by atoms with Crippen molar-refractivity contribution in [1.29, 1.82) is 0 Å². The molecule has 3 aliphatic rings. The topological polar surface area (TPSA) is 172 Å². The summed E-state index contributed by atoms with van der Waals surface area (Å²) in [5.74, 6) is -2.21. The van der Waals surface area contributed by atoms with Gasteiger partial charge in [-0.15, -0.1) is 6.58 Å². The van der Waals surface area contributed by atoms with Crippen LogP contribution in [0.5, 0.6) is 11.5 Å². The fourth-order valence-electron chi connectivity index (χ4n) is 6.59. The summed E-state index contributed by atoms with van der Waals surface area (Å²) in [6.07, 6.45) is 3.45. The molecule has 0 radical (unpaired) electrons. The number of hydrogen-bond acceptors (Lipinski definition) is 11. The predicted molar refractivity (Wildman–Crippen MR) is 184 cm³/mol. The zero-order valence-electron chi connectivity index (χ0n) is 28.4. The van der Waals surface area contributed by atoms with Crippen molar-refractivity contribution in [3.05, 3.63) is 53.2 Å². The highest BCUT2D eigenvalue weighted by Gasteiger charge is 2.62. The van der Waals surface area contributed by atoms with Crippen molar-refractivity contribution < 1.29 is 47.7 Å². The van der Waals surface area contributed by atoms with Gasteiger partial charge in [0.25, 0.3) is 0 Å². The van der Waals surface area contributed by atoms with E-state index in [1.807, 2.05) is 0 Å². The van der Waals surface area contributed by atoms with E-state index in [1.165, 1.54) is 32.3 Å². The highest BCUT2D eigenvalue weighted by molar-refractivity contribution is 9.10. The lowest BCUT2D eigenvalue weighted by atomic mass is 10.1. The van der Waals surface area contributed by atoms with Gasteiger partial charge in [0, 0.05) is 23.8 Å². The number of carbonyl (C=O) groups excluding carboxylic acids is 5. The average Bonchev–Trinajstić information content (AvgIpc) is 3.36. The van der Waals surface area contributed by atoms with Crippen molar-refractivity contribution in [3.63, 3.8) is 0 Å². The molecule has 2 saturated carbocycles. The molecule has 2 N–H and O–H groups in total. The van der Waals surface area contributed by atoms with Crippen LogP contribution in [-0.4, -0.2) is 97.4 Å². The van der Waals surface area contributed by atoms with E-state index >= 15 is 0 Å². The van der Waals surface area contributed by atoms with E-state index in [0.717, 1.165) is 25.7 Å². The smallest absolute Gasteiger partial charge is 0.408 e. The second-order valence-corrected chi connectivity index (χ2v) is 13.5. The number of esters is 2. The summed E-state index contributed by atoms with van der Waals surface area (Å²) in [5.41, 5.74) is -0.677. The summed E-state index contributed by atoms with van der Waals surface area (Å²) in [7, 11) is 3.95. The molecular weight excluding hydrogens is 716 g/mol. The van der Waals surface area contributed by atoms with Gasteiger partial charge in [-0.2, -0.15) is 0 Å². The SMILES string of the molecule is C=C[C@@H]1C[C@]1(NC(=O)[C@@H]1C[C@@H](Oc2cc(C(=O)OC)nc3c(Br)c(OC)ccc23)CN1C(=O)[C@@H](NC(=O)OC1CCCC1)C(=C)C)C(=O)OC. The van der Waals surface area contributed by atoms with Gasteiger partial charge in [0.05, 0.1) is 37.9 Å². The summed E-state index contributed by atoms with van der Waals surface area (Å²) in [4.78, 5) is 72.3. The van der Waals surface area contributed by atoms with Crippen LogP contribution in [0, 0.1) is 5.92 Å². The maximum absolute atomic E-state index is 14.2. The average molecular weight is 758 g/mol. The van der Waals surface area contributed by atoms with Gasteiger partial charge in [0.15, 0.2) is 5.69 Å². The van der Waals surface area contributed by atoms with E-state index in [4.69, 9.17) is 23.7 Å². The van der Waals surface area contributed by atoms with E-state index in [9.17, 15) is 24.0 Å². The Hall–Kier alpha value is -4.66. The van der Waals surface area contributed by atoms with E-state index in [-0.39, 0.29) is 42.9 Å². The second-order valence-electron chi connectivity index (χ2n) is 12.7. The Kier molecular flexibility index (Phi) is 11.0. The summed E-state index contributed by atoms with van der Waals surface area (Å²) < 4.78 is 27.8. The van der Waals surface area contributed by atoms with E-state index in [2.05, 4.69) is 44.7 Å². The number of halogens is 1. The minimum Gasteiger partial charge on any atom is -0.495 e. The number of likely N-dealkylation sites (tertiary alicyclic amines) is 1. The number of rotatable bonds is 12. The van der Waals surface area contributed by atoms with Crippen LogP contribution in [0.15, 0.2) is 47.5 Å². The predicted octanol–water partition coefficient (Wildman–Crippen LogP) is 3.99. The first-order valence-corrected chi connectivity index (χ1v) is 17.0. The largest absolute Gasteiger partial charge is 0.495 e. The molecule has 1 aliphatic heterocycles. The fraction of sp³-hybridized carbons (Fsp3) is 0.486. The lowest BCUT2D eigenvalue weighted by molar-refractivity contribution is -0.148. The Morgan fingerprint density at radius 1 is 1.08 bits per heavy atom. The lowest BCUT2D eigenvalue weighted by Gasteiger charge is -2.29. The molecule has 2 aromatic rings. The zero-order valence-corrected chi connectivity index (χ0v) is 30.0. The number of ether oxygens (including phenoxy) is 5. The van der Waals surface area contributed by atoms with Crippen molar-refractivity contribution in [3.8, 4) is 11.5 Å². The van der Waals surface area contributed by atoms with Crippen molar-refractivity contribution in [2.45, 2.75) is 75.3 Å². The molecule has 0 bridgehead atoms. The molecule has 5 atom stereocenters. The molecule has 268 valence electrons. The van der Waals surface area contributed by atoms with E-state index in [1.54, 1.807) is 25.1 Å². The Labute approximate surface area is 298 Å². The third kappa shape index (κ3) is 7.28. The molecule has 15 heteroatoms. The zero-order chi connectivity index (χ0) is 36.3. The standard InChI is InChI=1S/C35H41BrN4O10/c1-7-19-16-35(19,33(44)48-6)39-30(41)24-14-21(17-40(24)31(42)28(18(2)3)38-34(45)50-20-10-8-9-11-20)49-26-15-23(32(43)47-5)37-29-22(26)12-13-25(46-4)27(29)36/h7,12-13,15,19-21,24,28H,1-2,8-11,14,16-17H2,3-6H3,(H,38,45)(H,39,41)/t19-,21-,24+,28+,35-/m1/s1. The number of benzene rings is 1. The van der Waals surface area contributed by atoms with Gasteiger partial charge in [-0.05, 0) is 72.7 Å². The molecule has 0 unspecified atom stereocenters. The monoisotopic (exact) mass is 756 g/mol. The first kappa shape index (κ1) is 36.6. The molecule has 0 spiro atoms. The van der Waals surface area contributed by atoms with Crippen LogP contribution in [0.3, 0.4) is 0 Å². The molecule has 50 heavy (non-hydrogen) atoms. The molecule has 1 saturated heterocycles. The van der Waals surface area contributed by atoms with Crippen LogP contribution in [0.1, 0.15) is 55.9 Å². The second kappa shape index (κ2) is 15.1. The van der Waals surface area contributed by atoms with Crippen molar-refractivity contribution >= 4 is 56.7 Å². The number of hydrogen-bond donors (Lipinski definition) is 2. The number of carbonyl (C=O) groups is 5. The van der Waals surface area contributed by atoms with Crippen molar-refractivity contribution in [2.75, 3.05) is 27.9 Å².